The minimum Gasteiger partial charge on any atom is -0.420 e. The summed E-state index contributed by atoms with van der Waals surface area (Å²) in [4.78, 5) is 29.3. The number of aromatic nitrogens is 2. The average molecular weight is 500 g/mol. The molecule has 1 aromatic heterocycles. The van der Waals surface area contributed by atoms with Crippen molar-refractivity contribution >= 4 is 40.8 Å². The predicted octanol–water partition coefficient (Wildman–Crippen LogP) is 4.67. The minimum absolute atomic E-state index is 0.0193. The Kier molecular flexibility index (Phi) is 6.43. The molecular weight excluding hydrogens is 477 g/mol. The van der Waals surface area contributed by atoms with Gasteiger partial charge in [-0.3, -0.25) is 4.79 Å². The molecule has 1 saturated heterocycles. The Morgan fingerprint density at radius 3 is 2.56 bits per heavy atom. The fourth-order valence-corrected chi connectivity index (χ4v) is 5.05. The van der Waals surface area contributed by atoms with Gasteiger partial charge in [-0.15, -0.1) is 10.2 Å². The van der Waals surface area contributed by atoms with Crippen LogP contribution in [0.5, 0.6) is 0 Å². The number of piperidine rings is 1. The molecule has 3 heterocycles. The van der Waals surface area contributed by atoms with Gasteiger partial charge in [0.25, 0.3) is 0 Å². The van der Waals surface area contributed by atoms with Gasteiger partial charge in [0.2, 0.25) is 17.7 Å². The highest BCUT2D eigenvalue weighted by atomic mass is 35.5. The van der Waals surface area contributed by atoms with Gasteiger partial charge in [-0.05, 0) is 49.1 Å². The van der Waals surface area contributed by atoms with Gasteiger partial charge < -0.3 is 19.5 Å². The fraction of sp³-hybridized carbons (Fsp3) is 0.333. The van der Waals surface area contributed by atoms with Gasteiger partial charge in [0.05, 0.1) is 0 Å². The summed E-state index contributed by atoms with van der Waals surface area (Å²) in [6, 6.07) is 12.9. The quantitative estimate of drug-likeness (QED) is 0.563. The van der Waals surface area contributed by atoms with E-state index in [0.717, 1.165) is 30.5 Å². The van der Waals surface area contributed by atoms with Crippen molar-refractivity contribution in [2.45, 2.75) is 31.7 Å². The summed E-state index contributed by atoms with van der Waals surface area (Å²) in [5, 5.41) is 12.0. The van der Waals surface area contributed by atoms with Gasteiger partial charge in [-0.1, -0.05) is 41.4 Å². The first-order valence-electron chi connectivity index (χ1n) is 11.2. The third-order valence-corrected chi connectivity index (χ3v) is 6.72. The Hall–Kier alpha value is -3.10. The van der Waals surface area contributed by atoms with Crippen LogP contribution < -0.4 is 5.32 Å². The van der Waals surface area contributed by atoms with Crippen molar-refractivity contribution in [2.75, 3.05) is 25.0 Å². The number of fused-ring (bicyclic) bond motifs is 1. The highest BCUT2D eigenvalue weighted by Crippen LogP contribution is 2.27. The monoisotopic (exact) mass is 499 g/mol. The van der Waals surface area contributed by atoms with Gasteiger partial charge in [-0.2, -0.15) is 0 Å². The van der Waals surface area contributed by atoms with Crippen LogP contribution in [0, 0.1) is 0 Å². The van der Waals surface area contributed by atoms with Gasteiger partial charge in [0.1, 0.15) is 6.42 Å². The molecule has 10 heteroatoms. The highest BCUT2D eigenvalue weighted by Gasteiger charge is 2.31. The molecule has 3 amide bonds. The Morgan fingerprint density at radius 2 is 1.79 bits per heavy atom. The summed E-state index contributed by atoms with van der Waals surface area (Å²) in [6.07, 6.45) is 2.29. The lowest BCUT2D eigenvalue weighted by Gasteiger charge is -2.37. The number of nitrogens with zero attached hydrogens (tertiary/aromatic N) is 4. The third kappa shape index (κ3) is 4.88. The fourth-order valence-electron chi connectivity index (χ4n) is 4.53. The number of carbonyl (C=O) groups excluding carboxylic acids is 2. The molecule has 1 fully saturated rings. The van der Waals surface area contributed by atoms with Gasteiger partial charge in [-0.25, -0.2) is 4.79 Å². The third-order valence-electron chi connectivity index (χ3n) is 6.28. The first-order valence-corrected chi connectivity index (χ1v) is 11.9. The average Bonchev–Trinajstić information content (AvgIpc) is 3.21. The highest BCUT2D eigenvalue weighted by molar-refractivity contribution is 6.35. The smallest absolute Gasteiger partial charge is 0.322 e. The molecule has 0 radical (unpaired) electrons. The molecule has 0 saturated carbocycles. The normalized spacial score (nSPS) is 16.7. The first-order chi connectivity index (χ1) is 16.5. The summed E-state index contributed by atoms with van der Waals surface area (Å²) < 4.78 is 5.67. The number of anilines is 1. The summed E-state index contributed by atoms with van der Waals surface area (Å²) in [6.45, 7) is 1.82. The minimum atomic E-state index is -0.0782. The second kappa shape index (κ2) is 9.64. The molecule has 8 nitrogen and oxygen atoms in total. The number of hydrogen-bond donors (Lipinski definition) is 1. The van der Waals surface area contributed by atoms with E-state index >= 15 is 0 Å². The number of rotatable bonds is 4. The summed E-state index contributed by atoms with van der Waals surface area (Å²) in [7, 11) is 0. The lowest BCUT2D eigenvalue weighted by Crippen LogP contribution is -2.50. The number of hydrogen-bond acceptors (Lipinski definition) is 5. The van der Waals surface area contributed by atoms with Crippen molar-refractivity contribution in [3.63, 3.8) is 0 Å². The van der Waals surface area contributed by atoms with E-state index in [0.29, 0.717) is 35.2 Å². The van der Waals surface area contributed by atoms with Crippen molar-refractivity contribution in [1.29, 1.82) is 0 Å². The zero-order valence-corrected chi connectivity index (χ0v) is 19.8. The largest absolute Gasteiger partial charge is 0.420 e. The predicted molar refractivity (Wildman–Crippen MR) is 129 cm³/mol. The van der Waals surface area contributed by atoms with Crippen LogP contribution in [0.15, 0.2) is 46.9 Å². The second-order valence-electron chi connectivity index (χ2n) is 8.48. The molecule has 176 valence electrons. The zero-order chi connectivity index (χ0) is 23.7. The van der Waals surface area contributed by atoms with Crippen molar-refractivity contribution in [3.8, 4) is 11.5 Å². The molecule has 2 aliphatic heterocycles. The summed E-state index contributed by atoms with van der Waals surface area (Å²) >= 11 is 12.1. The van der Waals surface area contributed by atoms with Crippen LogP contribution in [0.25, 0.3) is 11.5 Å². The number of benzene rings is 2. The van der Waals surface area contributed by atoms with Crippen LogP contribution in [-0.2, 0) is 17.6 Å². The van der Waals surface area contributed by atoms with Crippen LogP contribution in [0.4, 0.5) is 10.5 Å². The van der Waals surface area contributed by atoms with E-state index in [1.807, 2.05) is 29.2 Å². The van der Waals surface area contributed by atoms with E-state index < -0.39 is 0 Å². The molecule has 34 heavy (non-hydrogen) atoms. The molecule has 0 aliphatic carbocycles. The number of likely N-dealkylation sites (tertiary alicyclic amines) is 1. The molecule has 2 aliphatic rings. The molecule has 0 unspecified atom stereocenters. The van der Waals surface area contributed by atoms with Gasteiger partial charge in [0, 0.05) is 47.0 Å². The summed E-state index contributed by atoms with van der Waals surface area (Å²) in [5.74, 6) is 0.424. The topological polar surface area (TPSA) is 91.6 Å². The molecule has 3 aromatic rings. The SMILES string of the molecule is O=C(Cc1nnc(-c2cc(Cl)cc(Cl)c2)o1)N1CCC(N2CCc3ccccc3NC2=O)CC1. The van der Waals surface area contributed by atoms with Crippen molar-refractivity contribution < 1.29 is 14.0 Å². The molecule has 0 spiro atoms. The zero-order valence-electron chi connectivity index (χ0n) is 18.3. The Labute approximate surface area is 206 Å². The number of nitrogens with one attached hydrogen (secondary N) is 1. The molecule has 1 N–H and O–H groups in total. The number of para-hydroxylation sites is 1. The number of amides is 3. The number of halogens is 2. The van der Waals surface area contributed by atoms with E-state index in [-0.39, 0.29) is 36.2 Å². The maximum atomic E-state index is 12.8. The lowest BCUT2D eigenvalue weighted by molar-refractivity contribution is -0.132. The van der Waals surface area contributed by atoms with E-state index in [4.69, 9.17) is 27.6 Å². The Bertz CT molecular complexity index is 1200. The van der Waals surface area contributed by atoms with E-state index in [2.05, 4.69) is 15.5 Å². The number of urea groups is 1. The van der Waals surface area contributed by atoms with Crippen molar-refractivity contribution in [1.82, 2.24) is 20.0 Å². The molecular formula is C24H23Cl2N5O3. The Morgan fingerprint density at radius 1 is 1.06 bits per heavy atom. The van der Waals surface area contributed by atoms with Gasteiger partial charge >= 0.3 is 6.03 Å². The second-order valence-corrected chi connectivity index (χ2v) is 9.35. The standard InChI is InChI=1S/C24H23Cl2N5O3/c25-17-11-16(12-18(26)13-17)23-29-28-21(34-23)14-22(32)30-8-6-19(7-9-30)31-10-5-15-3-1-2-4-20(15)27-24(31)33/h1-4,11-13,19H,5-10,14H2,(H,27,33). The van der Waals surface area contributed by atoms with Crippen LogP contribution >= 0.6 is 23.2 Å². The van der Waals surface area contributed by atoms with E-state index in [1.165, 1.54) is 0 Å². The van der Waals surface area contributed by atoms with Crippen molar-refractivity contribution in [3.05, 3.63) is 64.0 Å². The molecule has 2 aromatic carbocycles. The maximum absolute atomic E-state index is 12.8. The van der Waals surface area contributed by atoms with Gasteiger partial charge in [0.15, 0.2) is 0 Å². The van der Waals surface area contributed by atoms with Crippen molar-refractivity contribution in [2.24, 2.45) is 0 Å². The van der Waals surface area contributed by atoms with Crippen LogP contribution in [-0.4, -0.2) is 57.6 Å². The first kappa shape index (κ1) is 22.7. The molecule has 5 rings (SSSR count). The Balaban J connectivity index is 1.17. The maximum Gasteiger partial charge on any atom is 0.322 e. The molecule has 0 atom stereocenters. The molecule has 0 bridgehead atoms. The van der Waals surface area contributed by atoms with E-state index in [9.17, 15) is 9.59 Å². The number of carbonyl (C=O) groups is 2. The lowest BCUT2D eigenvalue weighted by atomic mass is 10.0. The van der Waals surface area contributed by atoms with Crippen LogP contribution in [0.3, 0.4) is 0 Å². The summed E-state index contributed by atoms with van der Waals surface area (Å²) in [5.41, 5.74) is 2.62. The van der Waals surface area contributed by atoms with E-state index in [1.54, 1.807) is 23.1 Å². The van der Waals surface area contributed by atoms with Crippen LogP contribution in [0.2, 0.25) is 10.0 Å². The van der Waals surface area contributed by atoms with Crippen LogP contribution in [0.1, 0.15) is 24.3 Å².